The molecule has 0 fully saturated rings. The summed E-state index contributed by atoms with van der Waals surface area (Å²) in [5.41, 5.74) is 2.42. The van der Waals surface area contributed by atoms with E-state index < -0.39 is 10.5 Å². The highest BCUT2D eigenvalue weighted by Crippen LogP contribution is 2.22. The van der Waals surface area contributed by atoms with Gasteiger partial charge in [-0.15, -0.1) is 0 Å². The topological polar surface area (TPSA) is 113 Å². The summed E-state index contributed by atoms with van der Waals surface area (Å²) in [4.78, 5) is 4.43. The highest BCUT2D eigenvalue weighted by molar-refractivity contribution is 6.30. The number of benzene rings is 2. The molecule has 2 atom stereocenters. The Bertz CT molecular complexity index is 951. The Morgan fingerprint density at radius 2 is 1.88 bits per heavy atom. The van der Waals surface area contributed by atoms with Crippen LogP contribution in [-0.4, -0.2) is 20.0 Å². The summed E-state index contributed by atoms with van der Waals surface area (Å²) in [5.74, 6) is 0.442. The van der Waals surface area contributed by atoms with Gasteiger partial charge in [-0.05, 0) is 23.8 Å². The first kappa shape index (κ1) is 18.5. The smallest absolute Gasteiger partial charge is 0.166 e. The van der Waals surface area contributed by atoms with Crippen LogP contribution in [0, 0.1) is 10.4 Å². The molecule has 1 aromatic heterocycles. The number of halogens is 1. The Morgan fingerprint density at radius 3 is 2.50 bits per heavy atom. The van der Waals surface area contributed by atoms with Gasteiger partial charge in [-0.1, -0.05) is 23.7 Å². The van der Waals surface area contributed by atoms with E-state index in [1.807, 2.05) is 16.7 Å². The normalized spacial score (nSPS) is 14.6. The van der Waals surface area contributed by atoms with Crippen molar-refractivity contribution in [3.8, 4) is 0 Å². The molecule has 0 saturated carbocycles. The van der Waals surface area contributed by atoms with Crippen LogP contribution in [-0.2, 0) is 6.54 Å². The third-order valence-corrected chi connectivity index (χ3v) is 4.21. The summed E-state index contributed by atoms with van der Waals surface area (Å²) in [5, 5.41) is 39.2. The molecule has 0 amide bonds. The lowest BCUT2D eigenvalue weighted by Crippen LogP contribution is -3.02. The number of rotatable bonds is 5. The van der Waals surface area contributed by atoms with Crippen molar-refractivity contribution >= 4 is 34.4 Å². The van der Waals surface area contributed by atoms with Crippen molar-refractivity contribution in [2.75, 3.05) is 0 Å². The van der Waals surface area contributed by atoms with E-state index in [1.165, 1.54) is 25.1 Å². The van der Waals surface area contributed by atoms with Gasteiger partial charge in [0.1, 0.15) is 11.5 Å². The van der Waals surface area contributed by atoms with Gasteiger partial charge in [-0.2, -0.15) is 10.5 Å². The molecular weight excluding hydrogens is 360 g/mol. The van der Waals surface area contributed by atoms with Crippen LogP contribution in [0.3, 0.4) is 0 Å². The van der Waals surface area contributed by atoms with Crippen molar-refractivity contribution < 1.29 is 20.9 Å². The van der Waals surface area contributed by atoms with Crippen molar-refractivity contribution in [1.82, 2.24) is 9.55 Å². The van der Waals surface area contributed by atoms with Crippen molar-refractivity contribution in [1.29, 1.82) is 0 Å². The number of hydrogen-bond donors (Lipinski definition) is 4. The molecule has 8 nitrogen and oxygen atoms in total. The molecule has 0 saturated heterocycles. The minimum atomic E-state index is -1.04. The Morgan fingerprint density at radius 1 is 1.19 bits per heavy atom. The summed E-state index contributed by atoms with van der Waals surface area (Å²) in [6.45, 7) is 1.93. The summed E-state index contributed by atoms with van der Waals surface area (Å²) >= 11 is 5.92. The number of imidazole rings is 1. The van der Waals surface area contributed by atoms with Gasteiger partial charge in [0, 0.05) is 36.7 Å². The van der Waals surface area contributed by atoms with E-state index in [4.69, 9.17) is 22.0 Å². The SMILES string of the molecule is CC(=Cc1nc2cc([NH+]([O-])O)ccc2n1Cc1ccc(Cl)cc1)[NH+]([O-])O. The zero-order valence-corrected chi connectivity index (χ0v) is 14.6. The average molecular weight is 377 g/mol. The number of nitrogens with one attached hydrogen (secondary N) is 2. The van der Waals surface area contributed by atoms with E-state index in [0.717, 1.165) is 11.1 Å². The second-order valence-electron chi connectivity index (χ2n) is 5.82. The number of aromatic nitrogens is 2. The van der Waals surface area contributed by atoms with Gasteiger partial charge in [0.15, 0.2) is 5.69 Å². The minimum Gasteiger partial charge on any atom is -0.595 e. The minimum absolute atomic E-state index is 0.124. The summed E-state index contributed by atoms with van der Waals surface area (Å²) in [6, 6.07) is 11.9. The van der Waals surface area contributed by atoms with E-state index in [0.29, 0.717) is 22.9 Å². The number of quaternary nitrogens is 2. The number of allylic oxidation sites excluding steroid dienone is 1. The number of hydrogen-bond acceptors (Lipinski definition) is 5. The third kappa shape index (κ3) is 3.92. The van der Waals surface area contributed by atoms with Crippen molar-refractivity contribution in [2.45, 2.75) is 13.5 Å². The maximum atomic E-state index is 11.2. The summed E-state index contributed by atoms with van der Waals surface area (Å²) < 4.78 is 1.84. The van der Waals surface area contributed by atoms with Crippen LogP contribution in [0.15, 0.2) is 48.2 Å². The van der Waals surface area contributed by atoms with Gasteiger partial charge < -0.3 is 15.0 Å². The lowest BCUT2D eigenvalue weighted by molar-refractivity contribution is -1.01. The van der Waals surface area contributed by atoms with E-state index in [-0.39, 0.29) is 11.4 Å². The lowest BCUT2D eigenvalue weighted by Gasteiger charge is -2.13. The van der Waals surface area contributed by atoms with Gasteiger partial charge in [0.2, 0.25) is 0 Å². The van der Waals surface area contributed by atoms with Gasteiger partial charge in [-0.3, -0.25) is 0 Å². The Hall–Kier alpha value is -2.30. The molecule has 3 aromatic rings. The van der Waals surface area contributed by atoms with Gasteiger partial charge in [-0.25, -0.2) is 15.4 Å². The maximum Gasteiger partial charge on any atom is 0.166 e. The third-order valence-electron chi connectivity index (χ3n) is 3.96. The van der Waals surface area contributed by atoms with Crippen LogP contribution in [0.5, 0.6) is 0 Å². The highest BCUT2D eigenvalue weighted by Gasteiger charge is 2.14. The monoisotopic (exact) mass is 376 g/mol. The fraction of sp³-hybridized carbons (Fsp3) is 0.118. The first-order valence-corrected chi connectivity index (χ1v) is 8.12. The largest absolute Gasteiger partial charge is 0.595 e. The van der Waals surface area contributed by atoms with E-state index in [1.54, 1.807) is 18.2 Å². The second-order valence-corrected chi connectivity index (χ2v) is 6.26. The molecular formula is C17H17ClN4O4. The highest BCUT2D eigenvalue weighted by atomic mass is 35.5. The van der Waals surface area contributed by atoms with Gasteiger partial charge in [0.05, 0.1) is 11.0 Å². The molecule has 26 heavy (non-hydrogen) atoms. The molecule has 9 heteroatoms. The molecule has 0 aliphatic rings. The zero-order valence-electron chi connectivity index (χ0n) is 13.8. The molecule has 0 spiro atoms. The number of nitrogens with zero attached hydrogens (tertiary/aromatic N) is 2. The molecule has 136 valence electrons. The molecule has 3 rings (SSSR count). The molecule has 0 aliphatic heterocycles. The van der Waals surface area contributed by atoms with Crippen LogP contribution in [0.25, 0.3) is 17.1 Å². The fourth-order valence-electron chi connectivity index (χ4n) is 2.59. The van der Waals surface area contributed by atoms with Crippen LogP contribution in [0.2, 0.25) is 5.02 Å². The molecule has 1 heterocycles. The first-order valence-electron chi connectivity index (χ1n) is 7.75. The van der Waals surface area contributed by atoms with E-state index >= 15 is 0 Å². The standard InChI is InChI=1S/C17H17ClN4O4/c1-11(21(23)24)8-17-19-15-9-14(22(25)26)6-7-16(15)20(17)10-12-2-4-13(18)5-3-12/h2-9,21-23,25H,10H2,1H3. The maximum absolute atomic E-state index is 11.2. The predicted molar refractivity (Wildman–Crippen MR) is 95.8 cm³/mol. The first-order chi connectivity index (χ1) is 12.3. The van der Waals surface area contributed by atoms with Crippen molar-refractivity contribution in [3.05, 3.63) is 75.0 Å². The molecule has 2 aromatic carbocycles. The van der Waals surface area contributed by atoms with Gasteiger partial charge in [0.25, 0.3) is 0 Å². The van der Waals surface area contributed by atoms with Crippen LogP contribution >= 0.6 is 11.6 Å². The second kappa shape index (κ2) is 7.52. The van der Waals surface area contributed by atoms with Crippen LogP contribution in [0.4, 0.5) is 5.69 Å². The number of hydroxylamine groups is 2. The van der Waals surface area contributed by atoms with Crippen molar-refractivity contribution in [2.24, 2.45) is 0 Å². The molecule has 0 radical (unpaired) electrons. The van der Waals surface area contributed by atoms with Crippen LogP contribution < -0.4 is 10.5 Å². The Kier molecular flexibility index (Phi) is 5.35. The quantitative estimate of drug-likeness (QED) is 0.501. The Balaban J connectivity index is 2.12. The van der Waals surface area contributed by atoms with E-state index in [9.17, 15) is 10.4 Å². The predicted octanol–water partition coefficient (Wildman–Crippen LogP) is 1.27. The molecule has 0 aliphatic carbocycles. The van der Waals surface area contributed by atoms with Crippen LogP contribution in [0.1, 0.15) is 18.3 Å². The Labute approximate surface area is 153 Å². The summed E-state index contributed by atoms with van der Waals surface area (Å²) in [6.07, 6.45) is 1.47. The average Bonchev–Trinajstić information content (AvgIpc) is 2.93. The van der Waals surface area contributed by atoms with E-state index in [2.05, 4.69) is 4.98 Å². The fourth-order valence-corrected chi connectivity index (χ4v) is 2.71. The zero-order chi connectivity index (χ0) is 18.8. The van der Waals surface area contributed by atoms with Crippen molar-refractivity contribution in [3.63, 3.8) is 0 Å². The number of fused-ring (bicyclic) bond motifs is 1. The molecule has 0 bridgehead atoms. The lowest BCUT2D eigenvalue weighted by atomic mass is 10.2. The molecule has 4 N–H and O–H groups in total. The van der Waals surface area contributed by atoms with Gasteiger partial charge >= 0.3 is 0 Å². The molecule has 2 unspecified atom stereocenters. The summed E-state index contributed by atoms with van der Waals surface area (Å²) in [7, 11) is 0.